The van der Waals surface area contributed by atoms with Crippen molar-refractivity contribution in [2.45, 2.75) is 0 Å². The molecule has 90 valence electrons. The molecule has 2 N–H and O–H groups in total. The van der Waals surface area contributed by atoms with Crippen molar-refractivity contribution in [3.05, 3.63) is 28.2 Å². The van der Waals surface area contributed by atoms with Gasteiger partial charge in [0.25, 0.3) is 5.91 Å². The summed E-state index contributed by atoms with van der Waals surface area (Å²) in [5.74, 6) is -1.83. The summed E-state index contributed by atoms with van der Waals surface area (Å²) in [6.07, 6.45) is 0. The summed E-state index contributed by atoms with van der Waals surface area (Å²) >= 11 is 3.21. The molecule has 0 bridgehead atoms. The van der Waals surface area contributed by atoms with Crippen LogP contribution in [0.15, 0.2) is 22.7 Å². The fourth-order valence-corrected chi connectivity index (χ4v) is 2.01. The lowest BCUT2D eigenvalue weighted by Gasteiger charge is -2.36. The number of carbonyl (C=O) groups excluding carboxylic acids is 1. The fraction of sp³-hybridized carbons (Fsp3) is 0.273. The zero-order valence-electron chi connectivity index (χ0n) is 8.76. The molecule has 0 atom stereocenters. The van der Waals surface area contributed by atoms with E-state index in [-0.39, 0.29) is 30.3 Å². The second-order valence-corrected chi connectivity index (χ2v) is 4.82. The molecule has 5 nitrogen and oxygen atoms in total. The summed E-state index contributed by atoms with van der Waals surface area (Å²) in [5, 5.41) is 18.3. The average molecular weight is 300 g/mol. The molecule has 0 aromatic heterocycles. The molecule has 1 saturated heterocycles. The number of phenolic OH excluding ortho intramolecular Hbond substituents is 1. The minimum absolute atomic E-state index is 0.100. The van der Waals surface area contributed by atoms with Gasteiger partial charge in [-0.1, -0.05) is 15.9 Å². The average Bonchev–Trinajstić information content (AvgIpc) is 2.18. The molecule has 0 spiro atoms. The number of hydrogen-bond acceptors (Lipinski definition) is 3. The van der Waals surface area contributed by atoms with E-state index in [1.807, 2.05) is 0 Å². The molecule has 0 aliphatic carbocycles. The van der Waals surface area contributed by atoms with Crippen LogP contribution in [0.5, 0.6) is 5.75 Å². The molecule has 0 saturated carbocycles. The fourth-order valence-electron chi connectivity index (χ4n) is 1.65. The Kier molecular flexibility index (Phi) is 3.06. The molecular weight excluding hydrogens is 290 g/mol. The Labute approximate surface area is 106 Å². The highest BCUT2D eigenvalue weighted by molar-refractivity contribution is 9.10. The van der Waals surface area contributed by atoms with Crippen LogP contribution in [0.4, 0.5) is 0 Å². The van der Waals surface area contributed by atoms with Gasteiger partial charge in [0.15, 0.2) is 0 Å². The Bertz CT molecular complexity index is 482. The highest BCUT2D eigenvalue weighted by atomic mass is 79.9. The van der Waals surface area contributed by atoms with Crippen molar-refractivity contribution in [3.63, 3.8) is 0 Å². The standard InChI is InChI=1S/C11H10BrNO4/c12-7-1-2-9(14)8(3-7)10(15)13-4-6(5-13)11(16)17/h1-3,6,14H,4-5H2,(H,16,17). The maximum atomic E-state index is 11.9. The number of carboxylic acid groups (broad SMARTS) is 1. The molecule has 0 radical (unpaired) electrons. The topological polar surface area (TPSA) is 77.8 Å². The normalized spacial score (nSPS) is 15.5. The zero-order chi connectivity index (χ0) is 12.6. The first-order valence-corrected chi connectivity index (χ1v) is 5.79. The number of likely N-dealkylation sites (tertiary alicyclic amines) is 1. The van der Waals surface area contributed by atoms with Crippen molar-refractivity contribution in [1.29, 1.82) is 0 Å². The molecular formula is C11H10BrNO4. The third-order valence-corrected chi connectivity index (χ3v) is 3.20. The molecule has 1 amide bonds. The van der Waals surface area contributed by atoms with Gasteiger partial charge < -0.3 is 15.1 Å². The molecule has 1 fully saturated rings. The van der Waals surface area contributed by atoms with E-state index in [4.69, 9.17) is 5.11 Å². The molecule has 1 aliphatic heterocycles. The molecule has 1 heterocycles. The largest absolute Gasteiger partial charge is 0.507 e. The zero-order valence-corrected chi connectivity index (χ0v) is 10.3. The van der Waals surface area contributed by atoms with E-state index in [9.17, 15) is 14.7 Å². The van der Waals surface area contributed by atoms with Crippen LogP contribution in [0.2, 0.25) is 0 Å². The molecule has 0 unspecified atom stereocenters. The Balaban J connectivity index is 2.11. The highest BCUT2D eigenvalue weighted by Crippen LogP contribution is 2.26. The first-order chi connectivity index (χ1) is 7.99. The summed E-state index contributed by atoms with van der Waals surface area (Å²) in [6, 6.07) is 4.57. The van der Waals surface area contributed by atoms with Crippen LogP contribution in [0.3, 0.4) is 0 Å². The van der Waals surface area contributed by atoms with E-state index in [2.05, 4.69) is 15.9 Å². The maximum absolute atomic E-state index is 11.9. The quantitative estimate of drug-likeness (QED) is 0.863. The van der Waals surface area contributed by atoms with Crippen molar-refractivity contribution < 1.29 is 19.8 Å². The predicted molar refractivity (Wildman–Crippen MR) is 62.8 cm³/mol. The lowest BCUT2D eigenvalue weighted by Crippen LogP contribution is -2.53. The van der Waals surface area contributed by atoms with Gasteiger partial charge in [-0.3, -0.25) is 9.59 Å². The molecule has 1 aromatic carbocycles. The first-order valence-electron chi connectivity index (χ1n) is 4.99. The Morgan fingerprint density at radius 3 is 2.59 bits per heavy atom. The lowest BCUT2D eigenvalue weighted by atomic mass is 9.99. The molecule has 17 heavy (non-hydrogen) atoms. The number of halogens is 1. The second-order valence-electron chi connectivity index (χ2n) is 3.91. The molecule has 1 aliphatic rings. The van der Waals surface area contributed by atoms with Crippen LogP contribution >= 0.6 is 15.9 Å². The lowest BCUT2D eigenvalue weighted by molar-refractivity contribution is -0.146. The van der Waals surface area contributed by atoms with Crippen molar-refractivity contribution in [3.8, 4) is 5.75 Å². The number of hydrogen-bond donors (Lipinski definition) is 2. The van der Waals surface area contributed by atoms with Gasteiger partial charge in [0.2, 0.25) is 0 Å². The van der Waals surface area contributed by atoms with E-state index < -0.39 is 11.9 Å². The molecule has 1 aromatic rings. The predicted octanol–water partition coefficient (Wildman–Crippen LogP) is 1.31. The van der Waals surface area contributed by atoms with Crippen molar-refractivity contribution in [2.75, 3.05) is 13.1 Å². The number of amides is 1. The summed E-state index contributed by atoms with van der Waals surface area (Å²) in [7, 11) is 0. The van der Waals surface area contributed by atoms with Crippen LogP contribution < -0.4 is 0 Å². The van der Waals surface area contributed by atoms with E-state index >= 15 is 0 Å². The van der Waals surface area contributed by atoms with E-state index in [1.54, 1.807) is 6.07 Å². The number of benzene rings is 1. The van der Waals surface area contributed by atoms with Gasteiger partial charge in [0.1, 0.15) is 5.75 Å². The number of rotatable bonds is 2. The summed E-state index contributed by atoms with van der Waals surface area (Å²) in [5.41, 5.74) is 0.184. The monoisotopic (exact) mass is 299 g/mol. The summed E-state index contributed by atoms with van der Waals surface area (Å²) in [6.45, 7) is 0.389. The van der Waals surface area contributed by atoms with E-state index in [0.717, 1.165) is 0 Å². The van der Waals surface area contributed by atoms with Crippen LogP contribution in [-0.2, 0) is 4.79 Å². The summed E-state index contributed by atoms with van der Waals surface area (Å²) < 4.78 is 0.689. The minimum Gasteiger partial charge on any atom is -0.507 e. The van der Waals surface area contributed by atoms with Gasteiger partial charge >= 0.3 is 5.97 Å². The van der Waals surface area contributed by atoms with Crippen LogP contribution in [0.25, 0.3) is 0 Å². The van der Waals surface area contributed by atoms with Gasteiger partial charge in [0.05, 0.1) is 11.5 Å². The highest BCUT2D eigenvalue weighted by Gasteiger charge is 2.36. The Hall–Kier alpha value is -1.56. The van der Waals surface area contributed by atoms with Crippen LogP contribution in [-0.4, -0.2) is 40.1 Å². The molecule has 6 heteroatoms. The van der Waals surface area contributed by atoms with E-state index in [0.29, 0.717) is 4.47 Å². The van der Waals surface area contributed by atoms with Gasteiger partial charge in [-0.15, -0.1) is 0 Å². The number of nitrogens with zero attached hydrogens (tertiary/aromatic N) is 1. The van der Waals surface area contributed by atoms with E-state index in [1.165, 1.54) is 17.0 Å². The van der Waals surface area contributed by atoms with Crippen LogP contribution in [0.1, 0.15) is 10.4 Å². The third kappa shape index (κ3) is 2.26. The summed E-state index contributed by atoms with van der Waals surface area (Å²) in [4.78, 5) is 23.9. The smallest absolute Gasteiger partial charge is 0.310 e. The van der Waals surface area contributed by atoms with Crippen molar-refractivity contribution in [2.24, 2.45) is 5.92 Å². The Morgan fingerprint density at radius 2 is 2.00 bits per heavy atom. The number of carbonyl (C=O) groups is 2. The Morgan fingerprint density at radius 1 is 1.35 bits per heavy atom. The van der Waals surface area contributed by atoms with Crippen molar-refractivity contribution in [1.82, 2.24) is 4.90 Å². The maximum Gasteiger partial charge on any atom is 0.310 e. The van der Waals surface area contributed by atoms with Crippen LogP contribution in [0, 0.1) is 5.92 Å². The number of aromatic hydroxyl groups is 1. The third-order valence-electron chi connectivity index (χ3n) is 2.71. The minimum atomic E-state index is -0.896. The van der Waals surface area contributed by atoms with Gasteiger partial charge in [-0.05, 0) is 18.2 Å². The molecule has 2 rings (SSSR count). The number of aliphatic carboxylic acids is 1. The number of carboxylic acids is 1. The number of phenols is 1. The first kappa shape index (κ1) is 11.9. The van der Waals surface area contributed by atoms with Gasteiger partial charge in [0, 0.05) is 17.6 Å². The SMILES string of the molecule is O=C(O)C1CN(C(=O)c2cc(Br)ccc2O)C1. The second kappa shape index (κ2) is 4.37. The van der Waals surface area contributed by atoms with Gasteiger partial charge in [-0.2, -0.15) is 0 Å². The van der Waals surface area contributed by atoms with Gasteiger partial charge in [-0.25, -0.2) is 0 Å². The van der Waals surface area contributed by atoms with Crippen molar-refractivity contribution >= 4 is 27.8 Å².